The Morgan fingerprint density at radius 3 is 1.66 bits per heavy atom. The van der Waals surface area contributed by atoms with Gasteiger partial charge >= 0.3 is 0 Å². The van der Waals surface area contributed by atoms with Crippen LogP contribution in [0.2, 0.25) is 0 Å². The molecule has 0 radical (unpaired) electrons. The molecule has 7 rings (SSSR count). The molecule has 0 saturated carbocycles. The third kappa shape index (κ3) is 2.80. The summed E-state index contributed by atoms with van der Waals surface area (Å²) in [5.74, 6) is 0. The topological polar surface area (TPSA) is 0 Å². The molecule has 0 amide bonds. The van der Waals surface area contributed by atoms with Gasteiger partial charge in [0.25, 0.3) is 0 Å². The van der Waals surface area contributed by atoms with Gasteiger partial charge in [0.1, 0.15) is 0 Å². The van der Waals surface area contributed by atoms with Crippen molar-refractivity contribution in [1.82, 2.24) is 0 Å². The van der Waals surface area contributed by atoms with Crippen LogP contribution in [0.25, 0.3) is 11.1 Å². The van der Waals surface area contributed by atoms with E-state index in [0.717, 1.165) is 0 Å². The fourth-order valence-electron chi connectivity index (χ4n) is 7.04. The molecule has 0 atom stereocenters. The number of fused-ring (bicyclic) bond motifs is 5. The first-order chi connectivity index (χ1) is 16.8. The number of hydrogen-bond donors (Lipinski definition) is 0. The lowest BCUT2D eigenvalue weighted by Gasteiger charge is -2.37. The van der Waals surface area contributed by atoms with Crippen LogP contribution < -0.4 is 0 Å². The molecule has 174 valence electrons. The summed E-state index contributed by atoms with van der Waals surface area (Å²) in [6.45, 7) is 11.6. The molecule has 3 aliphatic rings. The second-order valence-corrected chi connectivity index (χ2v) is 12.2. The smallest absolute Gasteiger partial charge is 0.0587 e. The molecule has 0 saturated heterocycles. The van der Waals surface area contributed by atoms with Crippen molar-refractivity contribution in [1.29, 1.82) is 0 Å². The van der Waals surface area contributed by atoms with Crippen molar-refractivity contribution in [3.8, 4) is 11.1 Å². The highest BCUT2D eigenvalue weighted by molar-refractivity contribution is 5.87. The third-order valence-corrected chi connectivity index (χ3v) is 9.05. The second-order valence-electron chi connectivity index (χ2n) is 12.2. The van der Waals surface area contributed by atoms with Gasteiger partial charge in [0.15, 0.2) is 0 Å². The van der Waals surface area contributed by atoms with Gasteiger partial charge < -0.3 is 0 Å². The van der Waals surface area contributed by atoms with Crippen LogP contribution in [-0.4, -0.2) is 0 Å². The van der Waals surface area contributed by atoms with Gasteiger partial charge in [0, 0.05) is 0 Å². The van der Waals surface area contributed by atoms with E-state index < -0.39 is 0 Å². The molecule has 35 heavy (non-hydrogen) atoms. The zero-order valence-corrected chi connectivity index (χ0v) is 21.7. The summed E-state index contributed by atoms with van der Waals surface area (Å²) < 4.78 is 0. The first kappa shape index (κ1) is 21.2. The predicted octanol–water partition coefficient (Wildman–Crippen LogP) is 8.16. The van der Waals surface area contributed by atoms with E-state index in [1.54, 1.807) is 0 Å². The lowest BCUT2D eigenvalue weighted by atomic mass is 9.65. The van der Waals surface area contributed by atoms with E-state index in [1.807, 2.05) is 0 Å². The van der Waals surface area contributed by atoms with Crippen molar-refractivity contribution in [3.63, 3.8) is 0 Å². The van der Waals surface area contributed by atoms with Crippen LogP contribution in [0.4, 0.5) is 0 Å². The average molecular weight is 455 g/mol. The van der Waals surface area contributed by atoms with E-state index in [-0.39, 0.29) is 10.8 Å². The van der Waals surface area contributed by atoms with E-state index in [0.29, 0.717) is 0 Å². The third-order valence-electron chi connectivity index (χ3n) is 9.05. The van der Waals surface area contributed by atoms with Crippen molar-refractivity contribution in [2.24, 2.45) is 0 Å². The van der Waals surface area contributed by atoms with Crippen LogP contribution in [0.15, 0.2) is 66.7 Å². The number of hydrogen-bond acceptors (Lipinski definition) is 0. The van der Waals surface area contributed by atoms with Crippen molar-refractivity contribution < 1.29 is 0 Å². The van der Waals surface area contributed by atoms with Gasteiger partial charge in [-0.3, -0.25) is 0 Å². The minimum atomic E-state index is -0.271. The SMILES string of the molecule is Cc1ccc2c(c1)C(c1ccc3c(c1)CC3)(c1ccc3c(c1)CC3)c1cc(C)c(C(C)(C)C)cc1-2. The molecule has 0 nitrogen and oxygen atoms in total. The van der Waals surface area contributed by atoms with Gasteiger partial charge in [-0.05, 0) is 112 Å². The van der Waals surface area contributed by atoms with Crippen LogP contribution in [0.1, 0.15) is 82.0 Å². The molecule has 0 aliphatic heterocycles. The summed E-state index contributed by atoms with van der Waals surface area (Å²) >= 11 is 0. The number of aryl methyl sites for hydroxylation is 6. The van der Waals surface area contributed by atoms with Crippen molar-refractivity contribution in [3.05, 3.63) is 128 Å². The van der Waals surface area contributed by atoms with Gasteiger partial charge in [-0.1, -0.05) is 93.1 Å². The largest absolute Gasteiger partial charge is 0.0713 e. The molecule has 0 heterocycles. The summed E-state index contributed by atoms with van der Waals surface area (Å²) in [7, 11) is 0. The predicted molar refractivity (Wildman–Crippen MR) is 147 cm³/mol. The summed E-state index contributed by atoms with van der Waals surface area (Å²) in [5.41, 5.74) is 18.8. The lowest BCUT2D eigenvalue weighted by Crippen LogP contribution is -2.30. The number of benzene rings is 4. The molecular weight excluding hydrogens is 420 g/mol. The molecule has 0 spiro atoms. The zero-order valence-electron chi connectivity index (χ0n) is 21.7. The average Bonchev–Trinajstić information content (AvgIpc) is 3.03. The van der Waals surface area contributed by atoms with E-state index in [2.05, 4.69) is 101 Å². The van der Waals surface area contributed by atoms with Gasteiger partial charge in [-0.25, -0.2) is 0 Å². The van der Waals surface area contributed by atoms with E-state index in [9.17, 15) is 0 Å². The fraction of sp³-hybridized carbons (Fsp3) is 0.314. The molecular formula is C35H34. The minimum absolute atomic E-state index is 0.112. The summed E-state index contributed by atoms with van der Waals surface area (Å²) in [4.78, 5) is 0. The van der Waals surface area contributed by atoms with Crippen LogP contribution in [0.5, 0.6) is 0 Å². The molecule has 0 N–H and O–H groups in total. The Balaban J connectivity index is 1.63. The van der Waals surface area contributed by atoms with Crippen molar-refractivity contribution in [2.75, 3.05) is 0 Å². The van der Waals surface area contributed by atoms with Gasteiger partial charge in [0.2, 0.25) is 0 Å². The first-order valence-corrected chi connectivity index (χ1v) is 13.3. The Bertz CT molecular complexity index is 1480. The maximum Gasteiger partial charge on any atom is 0.0713 e. The lowest BCUT2D eigenvalue weighted by molar-refractivity contribution is 0.585. The Morgan fingerprint density at radius 2 is 1.14 bits per heavy atom. The van der Waals surface area contributed by atoms with Crippen LogP contribution >= 0.6 is 0 Å². The molecule has 4 aromatic rings. The van der Waals surface area contributed by atoms with E-state index in [4.69, 9.17) is 0 Å². The standard InChI is InChI=1S/C35H34/c1-21-6-15-29-30-20-31(34(3,4)5)22(2)17-33(30)35(32(29)16-21,27-13-11-23-7-9-25(23)18-27)28-14-12-24-8-10-26(24)19-28/h6,11-20H,7-10H2,1-5H3. The Hall–Kier alpha value is -3.12. The molecule has 0 aromatic heterocycles. The maximum absolute atomic E-state index is 2.53. The molecule has 0 fully saturated rings. The molecule has 0 unspecified atom stereocenters. The normalized spacial score (nSPS) is 16.5. The second kappa shape index (κ2) is 6.97. The van der Waals surface area contributed by atoms with Crippen molar-refractivity contribution >= 4 is 0 Å². The van der Waals surface area contributed by atoms with Gasteiger partial charge in [-0.15, -0.1) is 0 Å². The zero-order chi connectivity index (χ0) is 24.1. The summed E-state index contributed by atoms with van der Waals surface area (Å²) in [6.07, 6.45) is 4.86. The fourth-order valence-corrected chi connectivity index (χ4v) is 7.04. The monoisotopic (exact) mass is 454 g/mol. The van der Waals surface area contributed by atoms with Crippen LogP contribution in [-0.2, 0) is 36.5 Å². The Labute approximate surface area is 210 Å². The van der Waals surface area contributed by atoms with Crippen LogP contribution in [0, 0.1) is 13.8 Å². The van der Waals surface area contributed by atoms with Gasteiger partial charge in [-0.2, -0.15) is 0 Å². The molecule has 0 heteroatoms. The number of rotatable bonds is 2. The maximum atomic E-state index is 2.53. The Kier molecular flexibility index (Phi) is 4.22. The molecule has 0 bridgehead atoms. The highest BCUT2D eigenvalue weighted by atomic mass is 14.5. The Morgan fingerprint density at radius 1 is 0.571 bits per heavy atom. The molecule has 4 aromatic carbocycles. The summed E-state index contributed by atoms with van der Waals surface area (Å²) in [5, 5.41) is 0. The first-order valence-electron chi connectivity index (χ1n) is 13.3. The van der Waals surface area contributed by atoms with E-state index >= 15 is 0 Å². The summed E-state index contributed by atoms with van der Waals surface area (Å²) in [6, 6.07) is 26.9. The van der Waals surface area contributed by atoms with Crippen molar-refractivity contribution in [2.45, 2.75) is 71.1 Å². The minimum Gasteiger partial charge on any atom is -0.0587 e. The quantitative estimate of drug-likeness (QED) is 0.252. The molecule has 3 aliphatic carbocycles. The highest BCUT2D eigenvalue weighted by Gasteiger charge is 2.47. The van der Waals surface area contributed by atoms with Crippen LogP contribution in [0.3, 0.4) is 0 Å². The highest BCUT2D eigenvalue weighted by Crippen LogP contribution is 2.58. The van der Waals surface area contributed by atoms with Gasteiger partial charge in [0.05, 0.1) is 5.41 Å². The van der Waals surface area contributed by atoms with E-state index in [1.165, 1.54) is 98.0 Å².